The molecule has 78 valence electrons. The topological polar surface area (TPSA) is 20.3 Å². The quantitative estimate of drug-likeness (QED) is 0.563. The minimum atomic E-state index is 0.365. The second-order valence-corrected chi connectivity index (χ2v) is 4.08. The van der Waals surface area contributed by atoms with E-state index < -0.39 is 0 Å². The van der Waals surface area contributed by atoms with Gasteiger partial charge in [-0.3, -0.25) is 4.79 Å². The van der Waals surface area contributed by atoms with E-state index in [1.807, 2.05) is 6.92 Å². The Morgan fingerprint density at radius 1 is 1.23 bits per heavy atom. The van der Waals surface area contributed by atoms with Gasteiger partial charge in [0.05, 0.1) is 5.75 Å². The molecule has 0 aliphatic rings. The summed E-state index contributed by atoms with van der Waals surface area (Å²) in [5.41, 5.74) is 0. The molecular formula is C10H21NOS. The molecule has 0 rings (SSSR count). The van der Waals surface area contributed by atoms with Gasteiger partial charge in [0, 0.05) is 18.7 Å². The van der Waals surface area contributed by atoms with Gasteiger partial charge in [0.15, 0.2) is 0 Å². The van der Waals surface area contributed by atoms with E-state index in [1.54, 1.807) is 11.8 Å². The number of hydrogen-bond acceptors (Lipinski definition) is 3. The van der Waals surface area contributed by atoms with Gasteiger partial charge >= 0.3 is 0 Å². The monoisotopic (exact) mass is 203 g/mol. The van der Waals surface area contributed by atoms with Crippen LogP contribution in [0, 0.1) is 0 Å². The summed E-state index contributed by atoms with van der Waals surface area (Å²) >= 11 is 1.75. The van der Waals surface area contributed by atoms with Crippen LogP contribution in [0.2, 0.25) is 0 Å². The molecule has 0 unspecified atom stereocenters. The molecule has 13 heavy (non-hydrogen) atoms. The third-order valence-electron chi connectivity index (χ3n) is 2.10. The van der Waals surface area contributed by atoms with Crippen molar-refractivity contribution in [3.05, 3.63) is 0 Å². The Morgan fingerprint density at radius 2 is 1.85 bits per heavy atom. The first-order chi connectivity index (χ1) is 6.24. The first-order valence-corrected chi connectivity index (χ1v) is 6.21. The summed E-state index contributed by atoms with van der Waals surface area (Å²) in [5.74, 6) is 2.13. The molecule has 0 aromatic rings. The van der Waals surface area contributed by atoms with Crippen LogP contribution >= 0.6 is 11.8 Å². The first-order valence-electron chi connectivity index (χ1n) is 5.06. The molecule has 0 aliphatic heterocycles. The third-order valence-corrected chi connectivity index (χ3v) is 3.10. The molecule has 0 saturated heterocycles. The number of hydrogen-bond donors (Lipinski definition) is 0. The lowest BCUT2D eigenvalue weighted by molar-refractivity contribution is -0.116. The van der Waals surface area contributed by atoms with Gasteiger partial charge in [0.1, 0.15) is 5.78 Å². The zero-order valence-electron chi connectivity index (χ0n) is 9.01. The highest BCUT2D eigenvalue weighted by Crippen LogP contribution is 2.02. The number of carbonyl (C=O) groups is 1. The Balaban J connectivity index is 3.28. The van der Waals surface area contributed by atoms with E-state index in [1.165, 1.54) is 0 Å². The van der Waals surface area contributed by atoms with Gasteiger partial charge in [-0.15, -0.1) is 0 Å². The second-order valence-electron chi connectivity index (χ2n) is 2.97. The van der Waals surface area contributed by atoms with Crippen LogP contribution in [-0.2, 0) is 4.79 Å². The van der Waals surface area contributed by atoms with Crippen molar-refractivity contribution in [1.29, 1.82) is 0 Å². The van der Waals surface area contributed by atoms with E-state index in [-0.39, 0.29) is 0 Å². The number of ketones is 1. The molecule has 0 heterocycles. The molecule has 0 aliphatic carbocycles. The van der Waals surface area contributed by atoms with E-state index in [0.717, 1.165) is 25.4 Å². The van der Waals surface area contributed by atoms with Crippen LogP contribution in [-0.4, -0.2) is 41.8 Å². The fraction of sp³-hybridized carbons (Fsp3) is 0.900. The van der Waals surface area contributed by atoms with Gasteiger partial charge in [0.2, 0.25) is 0 Å². The maximum atomic E-state index is 11.0. The van der Waals surface area contributed by atoms with Gasteiger partial charge < -0.3 is 4.90 Å². The van der Waals surface area contributed by atoms with E-state index in [9.17, 15) is 4.79 Å². The molecule has 0 radical (unpaired) electrons. The summed E-state index contributed by atoms with van der Waals surface area (Å²) < 4.78 is 0. The van der Waals surface area contributed by atoms with Crippen molar-refractivity contribution < 1.29 is 4.79 Å². The lowest BCUT2D eigenvalue weighted by Crippen LogP contribution is -2.25. The summed E-state index contributed by atoms with van der Waals surface area (Å²) in [7, 11) is 0. The van der Waals surface area contributed by atoms with Gasteiger partial charge in [-0.25, -0.2) is 0 Å². The predicted molar refractivity (Wildman–Crippen MR) is 60.4 cm³/mol. The van der Waals surface area contributed by atoms with Crippen molar-refractivity contribution in [1.82, 2.24) is 4.90 Å². The van der Waals surface area contributed by atoms with Crippen molar-refractivity contribution in [2.75, 3.05) is 31.1 Å². The van der Waals surface area contributed by atoms with Crippen molar-refractivity contribution in [2.24, 2.45) is 0 Å². The van der Waals surface area contributed by atoms with Crippen LogP contribution in [0.25, 0.3) is 0 Å². The molecular weight excluding hydrogens is 182 g/mol. The van der Waals surface area contributed by atoms with Gasteiger partial charge in [-0.1, -0.05) is 20.8 Å². The van der Waals surface area contributed by atoms with Crippen molar-refractivity contribution in [3.8, 4) is 0 Å². The zero-order chi connectivity index (χ0) is 10.1. The molecule has 0 saturated carbocycles. The molecule has 0 fully saturated rings. The van der Waals surface area contributed by atoms with E-state index in [2.05, 4.69) is 18.7 Å². The first kappa shape index (κ1) is 13.0. The molecule has 0 spiro atoms. The van der Waals surface area contributed by atoms with Crippen LogP contribution in [0.4, 0.5) is 0 Å². The highest BCUT2D eigenvalue weighted by molar-refractivity contribution is 7.99. The molecule has 2 nitrogen and oxygen atoms in total. The Morgan fingerprint density at radius 3 is 2.31 bits per heavy atom. The summed E-state index contributed by atoms with van der Waals surface area (Å²) in [5, 5.41) is 0. The van der Waals surface area contributed by atoms with Crippen LogP contribution in [0.1, 0.15) is 27.2 Å². The highest BCUT2D eigenvalue weighted by Gasteiger charge is 2.00. The van der Waals surface area contributed by atoms with Crippen LogP contribution in [0.5, 0.6) is 0 Å². The van der Waals surface area contributed by atoms with Crippen LogP contribution in [0.3, 0.4) is 0 Å². The number of nitrogens with zero attached hydrogens (tertiary/aromatic N) is 1. The zero-order valence-corrected chi connectivity index (χ0v) is 9.82. The molecule has 0 bridgehead atoms. The van der Waals surface area contributed by atoms with Crippen molar-refractivity contribution >= 4 is 17.5 Å². The average Bonchev–Trinajstić information content (AvgIpc) is 2.18. The standard InChI is InChI=1S/C10H21NOS/c1-4-10(12)9-13-8-7-11(5-2)6-3/h4-9H2,1-3H3. The number of Topliss-reactive ketones (excluding diaryl/α,β-unsaturated/α-hetero) is 1. The molecule has 3 heteroatoms. The summed E-state index contributed by atoms with van der Waals surface area (Å²) in [6, 6.07) is 0. The smallest absolute Gasteiger partial charge is 0.142 e. The minimum Gasteiger partial charge on any atom is -0.303 e. The summed E-state index contributed by atoms with van der Waals surface area (Å²) in [4.78, 5) is 13.3. The Hall–Kier alpha value is -0.0200. The van der Waals surface area contributed by atoms with E-state index in [0.29, 0.717) is 18.0 Å². The Bertz CT molecular complexity index is 135. The normalized spacial score (nSPS) is 10.8. The lowest BCUT2D eigenvalue weighted by Gasteiger charge is -2.16. The average molecular weight is 203 g/mol. The van der Waals surface area contributed by atoms with Crippen LogP contribution in [0.15, 0.2) is 0 Å². The number of rotatable bonds is 8. The maximum absolute atomic E-state index is 11.0. The fourth-order valence-corrected chi connectivity index (χ4v) is 1.98. The molecule has 0 N–H and O–H groups in total. The van der Waals surface area contributed by atoms with Gasteiger partial charge in [0.25, 0.3) is 0 Å². The predicted octanol–water partition coefficient (Wildman–Crippen LogP) is 2.04. The van der Waals surface area contributed by atoms with E-state index >= 15 is 0 Å². The second kappa shape index (κ2) is 8.57. The van der Waals surface area contributed by atoms with Crippen molar-refractivity contribution in [2.45, 2.75) is 27.2 Å². The van der Waals surface area contributed by atoms with Crippen molar-refractivity contribution in [3.63, 3.8) is 0 Å². The van der Waals surface area contributed by atoms with Crippen LogP contribution < -0.4 is 0 Å². The largest absolute Gasteiger partial charge is 0.303 e. The Kier molecular flexibility index (Phi) is 8.56. The minimum absolute atomic E-state index is 0.365. The fourth-order valence-electron chi connectivity index (χ4n) is 1.02. The SMILES string of the molecule is CCC(=O)CSCCN(CC)CC. The highest BCUT2D eigenvalue weighted by atomic mass is 32.2. The maximum Gasteiger partial charge on any atom is 0.142 e. The number of carbonyl (C=O) groups excluding carboxylic acids is 1. The van der Waals surface area contributed by atoms with Gasteiger partial charge in [-0.05, 0) is 13.1 Å². The molecule has 0 aromatic heterocycles. The summed E-state index contributed by atoms with van der Waals surface area (Å²) in [6.45, 7) is 9.59. The Labute approximate surface area is 86.1 Å². The summed E-state index contributed by atoms with van der Waals surface area (Å²) in [6.07, 6.45) is 0.679. The number of thioether (sulfide) groups is 1. The third kappa shape index (κ3) is 7.08. The van der Waals surface area contributed by atoms with Gasteiger partial charge in [-0.2, -0.15) is 11.8 Å². The van der Waals surface area contributed by atoms with E-state index in [4.69, 9.17) is 0 Å². The lowest BCUT2D eigenvalue weighted by atomic mass is 10.4. The molecule has 0 atom stereocenters. The molecule has 0 amide bonds. The molecule has 0 aromatic carbocycles.